The second kappa shape index (κ2) is 6.29. The summed E-state index contributed by atoms with van der Waals surface area (Å²) < 4.78 is 15.9. The van der Waals surface area contributed by atoms with Gasteiger partial charge < -0.3 is 24.6 Å². The topological polar surface area (TPSA) is 77.0 Å². The Morgan fingerprint density at radius 3 is 2.56 bits per heavy atom. The van der Waals surface area contributed by atoms with Gasteiger partial charge in [-0.3, -0.25) is 4.79 Å². The minimum atomic E-state index is -0.812. The molecule has 1 saturated heterocycles. The van der Waals surface area contributed by atoms with Gasteiger partial charge in [-0.1, -0.05) is 18.2 Å². The summed E-state index contributed by atoms with van der Waals surface area (Å²) in [5.74, 6) is 0.616. The van der Waals surface area contributed by atoms with Crippen molar-refractivity contribution in [1.82, 2.24) is 5.32 Å². The standard InChI is InChI=1S/C19H19NO5/c1-23-13-5-2-11(3-6-13)18-17(19(21)22)14(9-20-18)12-4-7-15-16(8-12)25-10-24-15/h2-8,14,17-18,20H,9-10H2,1H3,(H,21,22)/t14-,17-,18+/m1/s1. The summed E-state index contributed by atoms with van der Waals surface area (Å²) in [7, 11) is 1.61. The molecule has 0 amide bonds. The normalized spacial score (nSPS) is 24.3. The third-order valence-electron chi connectivity index (χ3n) is 4.94. The van der Waals surface area contributed by atoms with E-state index in [1.807, 2.05) is 42.5 Å². The summed E-state index contributed by atoms with van der Waals surface area (Å²) in [6, 6.07) is 12.9. The van der Waals surface area contributed by atoms with Gasteiger partial charge in [-0.25, -0.2) is 0 Å². The van der Waals surface area contributed by atoms with E-state index in [0.29, 0.717) is 18.0 Å². The van der Waals surface area contributed by atoms with Crippen LogP contribution in [0.1, 0.15) is 23.1 Å². The number of aliphatic carboxylic acids is 1. The molecule has 0 spiro atoms. The molecule has 2 heterocycles. The molecular weight excluding hydrogens is 322 g/mol. The molecule has 0 aromatic heterocycles. The van der Waals surface area contributed by atoms with Crippen LogP contribution in [0.25, 0.3) is 0 Å². The van der Waals surface area contributed by atoms with Gasteiger partial charge in [-0.05, 0) is 35.4 Å². The maximum Gasteiger partial charge on any atom is 0.309 e. The lowest BCUT2D eigenvalue weighted by molar-refractivity contribution is -0.142. The predicted molar refractivity (Wildman–Crippen MR) is 90.2 cm³/mol. The molecule has 3 atom stereocenters. The van der Waals surface area contributed by atoms with Crippen LogP contribution in [0.2, 0.25) is 0 Å². The fraction of sp³-hybridized carbons (Fsp3) is 0.316. The number of methoxy groups -OCH3 is 1. The number of fused-ring (bicyclic) bond motifs is 1. The first-order valence-corrected chi connectivity index (χ1v) is 8.17. The first-order chi connectivity index (χ1) is 12.2. The van der Waals surface area contributed by atoms with Crippen LogP contribution in [0.5, 0.6) is 17.2 Å². The largest absolute Gasteiger partial charge is 0.497 e. The average molecular weight is 341 g/mol. The molecule has 2 aromatic carbocycles. The highest BCUT2D eigenvalue weighted by Gasteiger charge is 2.42. The van der Waals surface area contributed by atoms with Crippen molar-refractivity contribution < 1.29 is 24.1 Å². The fourth-order valence-corrected chi connectivity index (χ4v) is 3.66. The number of rotatable bonds is 4. The van der Waals surface area contributed by atoms with Crippen LogP contribution in [-0.4, -0.2) is 31.5 Å². The summed E-state index contributed by atoms with van der Waals surface area (Å²) in [6.07, 6.45) is 0. The number of carboxylic acids is 1. The van der Waals surface area contributed by atoms with E-state index in [1.54, 1.807) is 7.11 Å². The molecule has 0 radical (unpaired) electrons. The molecule has 1 fully saturated rings. The molecule has 2 aromatic rings. The van der Waals surface area contributed by atoms with Gasteiger partial charge in [0.1, 0.15) is 5.75 Å². The second-order valence-electron chi connectivity index (χ2n) is 6.24. The Morgan fingerprint density at radius 1 is 1.12 bits per heavy atom. The van der Waals surface area contributed by atoms with Gasteiger partial charge in [0, 0.05) is 18.5 Å². The number of benzene rings is 2. The molecule has 0 bridgehead atoms. The average Bonchev–Trinajstić information content (AvgIpc) is 3.27. The Kier molecular flexibility index (Phi) is 3.97. The van der Waals surface area contributed by atoms with Gasteiger partial charge in [0.25, 0.3) is 0 Å². The number of ether oxygens (including phenoxy) is 3. The van der Waals surface area contributed by atoms with Crippen molar-refractivity contribution >= 4 is 5.97 Å². The third-order valence-corrected chi connectivity index (χ3v) is 4.94. The van der Waals surface area contributed by atoms with Crippen molar-refractivity contribution in [2.24, 2.45) is 5.92 Å². The summed E-state index contributed by atoms with van der Waals surface area (Å²) >= 11 is 0. The maximum absolute atomic E-state index is 12.0. The van der Waals surface area contributed by atoms with E-state index in [-0.39, 0.29) is 18.8 Å². The van der Waals surface area contributed by atoms with E-state index in [2.05, 4.69) is 5.32 Å². The van der Waals surface area contributed by atoms with E-state index in [0.717, 1.165) is 16.9 Å². The quantitative estimate of drug-likeness (QED) is 0.890. The SMILES string of the molecule is COc1ccc([C@@H]2NC[C@H](c3ccc4c(c3)OCO4)[C@H]2C(=O)O)cc1. The van der Waals surface area contributed by atoms with Gasteiger partial charge in [-0.15, -0.1) is 0 Å². The van der Waals surface area contributed by atoms with Crippen molar-refractivity contribution in [2.75, 3.05) is 20.4 Å². The van der Waals surface area contributed by atoms with Gasteiger partial charge in [0.05, 0.1) is 13.0 Å². The number of carboxylic acid groups (broad SMARTS) is 1. The second-order valence-corrected chi connectivity index (χ2v) is 6.24. The van der Waals surface area contributed by atoms with Crippen LogP contribution < -0.4 is 19.5 Å². The van der Waals surface area contributed by atoms with Crippen LogP contribution >= 0.6 is 0 Å². The molecule has 0 unspecified atom stereocenters. The molecule has 4 rings (SSSR count). The van der Waals surface area contributed by atoms with Crippen LogP contribution in [0.15, 0.2) is 42.5 Å². The minimum absolute atomic E-state index is 0.140. The van der Waals surface area contributed by atoms with E-state index in [1.165, 1.54) is 0 Å². The molecule has 0 aliphatic carbocycles. The van der Waals surface area contributed by atoms with Crippen molar-refractivity contribution in [1.29, 1.82) is 0 Å². The van der Waals surface area contributed by atoms with E-state index in [4.69, 9.17) is 14.2 Å². The van der Waals surface area contributed by atoms with Crippen LogP contribution in [0.3, 0.4) is 0 Å². The maximum atomic E-state index is 12.0. The third kappa shape index (κ3) is 2.78. The van der Waals surface area contributed by atoms with Crippen molar-refractivity contribution in [2.45, 2.75) is 12.0 Å². The fourth-order valence-electron chi connectivity index (χ4n) is 3.66. The molecule has 2 aliphatic heterocycles. The number of hydrogen-bond donors (Lipinski definition) is 2. The monoisotopic (exact) mass is 341 g/mol. The van der Waals surface area contributed by atoms with Gasteiger partial charge >= 0.3 is 5.97 Å². The smallest absolute Gasteiger partial charge is 0.309 e. The van der Waals surface area contributed by atoms with Crippen molar-refractivity contribution in [3.63, 3.8) is 0 Å². The summed E-state index contributed by atoms with van der Waals surface area (Å²) in [4.78, 5) is 12.0. The Hall–Kier alpha value is -2.73. The first-order valence-electron chi connectivity index (χ1n) is 8.17. The molecule has 6 heteroatoms. The molecule has 2 N–H and O–H groups in total. The summed E-state index contributed by atoms with van der Waals surface area (Å²) in [6.45, 7) is 0.797. The van der Waals surface area contributed by atoms with Gasteiger partial charge in [0.15, 0.2) is 11.5 Å². The lowest BCUT2D eigenvalue weighted by Crippen LogP contribution is -2.25. The lowest BCUT2D eigenvalue weighted by atomic mass is 9.83. The highest BCUT2D eigenvalue weighted by atomic mass is 16.7. The lowest BCUT2D eigenvalue weighted by Gasteiger charge is -2.21. The molecule has 25 heavy (non-hydrogen) atoms. The minimum Gasteiger partial charge on any atom is -0.497 e. The predicted octanol–water partition coefficient (Wildman–Crippen LogP) is 2.55. The van der Waals surface area contributed by atoms with E-state index >= 15 is 0 Å². The van der Waals surface area contributed by atoms with Gasteiger partial charge in [0.2, 0.25) is 6.79 Å². The number of hydrogen-bond acceptors (Lipinski definition) is 5. The number of nitrogens with one attached hydrogen (secondary N) is 1. The zero-order valence-electron chi connectivity index (χ0n) is 13.8. The molecule has 130 valence electrons. The van der Waals surface area contributed by atoms with E-state index in [9.17, 15) is 9.90 Å². The summed E-state index contributed by atoms with van der Waals surface area (Å²) in [5.41, 5.74) is 1.89. The van der Waals surface area contributed by atoms with Crippen LogP contribution in [-0.2, 0) is 4.79 Å². The first kappa shape index (κ1) is 15.8. The Balaban J connectivity index is 1.64. The molecule has 6 nitrogen and oxygen atoms in total. The Morgan fingerprint density at radius 2 is 1.84 bits per heavy atom. The van der Waals surface area contributed by atoms with Crippen molar-refractivity contribution in [3.05, 3.63) is 53.6 Å². The number of carbonyl (C=O) groups is 1. The van der Waals surface area contributed by atoms with Crippen LogP contribution in [0, 0.1) is 5.92 Å². The van der Waals surface area contributed by atoms with Gasteiger partial charge in [-0.2, -0.15) is 0 Å². The summed E-state index contributed by atoms with van der Waals surface area (Å²) in [5, 5.41) is 13.2. The van der Waals surface area contributed by atoms with Crippen LogP contribution in [0.4, 0.5) is 0 Å². The van der Waals surface area contributed by atoms with Crippen molar-refractivity contribution in [3.8, 4) is 17.2 Å². The molecule has 2 aliphatic rings. The Labute approximate surface area is 145 Å². The molecular formula is C19H19NO5. The molecule has 0 saturated carbocycles. The highest BCUT2D eigenvalue weighted by molar-refractivity contribution is 5.73. The highest BCUT2D eigenvalue weighted by Crippen LogP contribution is 2.43. The Bertz CT molecular complexity index is 789. The van der Waals surface area contributed by atoms with E-state index < -0.39 is 11.9 Å². The zero-order valence-corrected chi connectivity index (χ0v) is 13.8. The zero-order chi connectivity index (χ0) is 17.4.